The Hall–Kier alpha value is -3.25. The third-order valence-corrected chi connectivity index (χ3v) is 6.60. The minimum Gasteiger partial charge on any atom is -0.377 e. The van der Waals surface area contributed by atoms with E-state index < -0.39 is 11.4 Å². The van der Waals surface area contributed by atoms with Gasteiger partial charge in [0.05, 0.1) is 42.1 Å². The SMILES string of the molecule is N#C[C@@]1(C2CC2)CCN(c2ccnn3cc(-c4cn(C5COC5)nc4F)cc23)C1=O. The number of anilines is 1. The lowest BCUT2D eigenvalue weighted by Crippen LogP contribution is -2.35. The van der Waals surface area contributed by atoms with E-state index in [1.54, 1.807) is 38.8 Å². The summed E-state index contributed by atoms with van der Waals surface area (Å²) in [5.41, 5.74) is 1.51. The van der Waals surface area contributed by atoms with E-state index in [4.69, 9.17) is 4.74 Å². The molecule has 30 heavy (non-hydrogen) atoms. The number of nitriles is 1. The molecule has 0 spiro atoms. The number of hydrogen-bond acceptors (Lipinski definition) is 5. The minimum absolute atomic E-state index is 0.0581. The van der Waals surface area contributed by atoms with Gasteiger partial charge < -0.3 is 9.64 Å². The first kappa shape index (κ1) is 17.6. The number of amides is 1. The van der Waals surface area contributed by atoms with Gasteiger partial charge in [-0.15, -0.1) is 5.10 Å². The first-order valence-electron chi connectivity index (χ1n) is 10.1. The first-order chi connectivity index (χ1) is 14.6. The number of nitrogens with zero attached hydrogens (tertiary/aromatic N) is 6. The van der Waals surface area contributed by atoms with Crippen LogP contribution in [0.5, 0.6) is 0 Å². The van der Waals surface area contributed by atoms with Crippen LogP contribution in [0, 0.1) is 28.6 Å². The zero-order valence-electron chi connectivity index (χ0n) is 16.2. The highest BCUT2D eigenvalue weighted by molar-refractivity contribution is 6.05. The zero-order chi connectivity index (χ0) is 20.5. The molecule has 1 saturated carbocycles. The summed E-state index contributed by atoms with van der Waals surface area (Å²) < 4.78 is 23.0. The lowest BCUT2D eigenvalue weighted by atomic mass is 9.83. The van der Waals surface area contributed by atoms with E-state index in [9.17, 15) is 14.4 Å². The second-order valence-corrected chi connectivity index (χ2v) is 8.34. The fourth-order valence-corrected chi connectivity index (χ4v) is 4.62. The molecule has 9 heteroatoms. The summed E-state index contributed by atoms with van der Waals surface area (Å²) in [5.74, 6) is -0.517. The van der Waals surface area contributed by atoms with Crippen molar-refractivity contribution >= 4 is 17.1 Å². The number of rotatable bonds is 4. The van der Waals surface area contributed by atoms with Crippen molar-refractivity contribution in [3.63, 3.8) is 0 Å². The Labute approximate surface area is 171 Å². The van der Waals surface area contributed by atoms with Gasteiger partial charge in [-0.1, -0.05) is 0 Å². The Balaban J connectivity index is 1.40. The maximum absolute atomic E-state index is 14.5. The van der Waals surface area contributed by atoms with Crippen LogP contribution in [0.4, 0.5) is 10.1 Å². The molecule has 0 bridgehead atoms. The quantitative estimate of drug-likeness (QED) is 0.664. The van der Waals surface area contributed by atoms with E-state index in [1.807, 2.05) is 6.07 Å². The second-order valence-electron chi connectivity index (χ2n) is 8.34. The Morgan fingerprint density at radius 1 is 1.30 bits per heavy atom. The number of hydrogen-bond donors (Lipinski definition) is 0. The Morgan fingerprint density at radius 3 is 2.83 bits per heavy atom. The molecular weight excluding hydrogens is 387 g/mol. The average Bonchev–Trinajstić information content (AvgIpc) is 3.22. The van der Waals surface area contributed by atoms with Crippen molar-refractivity contribution in [3.05, 3.63) is 36.7 Å². The minimum atomic E-state index is -0.909. The van der Waals surface area contributed by atoms with E-state index in [0.29, 0.717) is 48.5 Å². The van der Waals surface area contributed by atoms with E-state index in [1.165, 1.54) is 0 Å². The van der Waals surface area contributed by atoms with E-state index >= 15 is 0 Å². The van der Waals surface area contributed by atoms with Crippen molar-refractivity contribution in [2.45, 2.75) is 25.3 Å². The Bertz CT molecular complexity index is 1220. The van der Waals surface area contributed by atoms with Gasteiger partial charge in [0.25, 0.3) is 0 Å². The molecule has 3 aromatic heterocycles. The summed E-state index contributed by atoms with van der Waals surface area (Å²) in [6.07, 6.45) is 7.45. The van der Waals surface area contributed by atoms with Crippen LogP contribution >= 0.6 is 0 Å². The molecule has 0 unspecified atom stereocenters. The molecule has 1 atom stereocenters. The standard InChI is InChI=1S/C21H19FN6O2/c22-19-16(9-27(25-19)15-10-30-11-15)13-7-18-17(3-5-24-28(18)8-13)26-6-4-21(12-23,20(26)29)14-1-2-14/h3,5,7-9,14-15H,1-2,4,6,10-11H2/t21-/m1/s1. The predicted molar refractivity (Wildman–Crippen MR) is 104 cm³/mol. The van der Waals surface area contributed by atoms with Gasteiger partial charge in [-0.2, -0.15) is 14.8 Å². The maximum Gasteiger partial charge on any atom is 0.247 e. The molecule has 0 N–H and O–H groups in total. The Morgan fingerprint density at radius 2 is 2.13 bits per heavy atom. The molecule has 2 saturated heterocycles. The van der Waals surface area contributed by atoms with Crippen LogP contribution in [0.25, 0.3) is 16.6 Å². The fourth-order valence-electron chi connectivity index (χ4n) is 4.62. The highest BCUT2D eigenvalue weighted by atomic mass is 19.1. The van der Waals surface area contributed by atoms with Crippen molar-refractivity contribution < 1.29 is 13.9 Å². The third kappa shape index (κ3) is 2.37. The van der Waals surface area contributed by atoms with Gasteiger partial charge >= 0.3 is 0 Å². The fraction of sp³-hybridized carbons (Fsp3) is 0.429. The van der Waals surface area contributed by atoms with E-state index in [-0.39, 0.29) is 17.9 Å². The second kappa shape index (κ2) is 6.12. The highest BCUT2D eigenvalue weighted by Gasteiger charge is 2.57. The summed E-state index contributed by atoms with van der Waals surface area (Å²) >= 11 is 0. The summed E-state index contributed by atoms with van der Waals surface area (Å²) in [4.78, 5) is 14.9. The van der Waals surface area contributed by atoms with Crippen LogP contribution < -0.4 is 4.90 Å². The molecule has 6 rings (SSSR count). The van der Waals surface area contributed by atoms with E-state index in [0.717, 1.165) is 12.8 Å². The van der Waals surface area contributed by atoms with E-state index in [2.05, 4.69) is 16.3 Å². The third-order valence-electron chi connectivity index (χ3n) is 6.60. The predicted octanol–water partition coefficient (Wildman–Crippen LogP) is 2.56. The van der Waals surface area contributed by atoms with Crippen LogP contribution in [0.2, 0.25) is 0 Å². The molecule has 3 aliphatic rings. The number of halogens is 1. The number of ether oxygens (including phenoxy) is 1. The number of carbonyl (C=O) groups is 1. The molecule has 2 aliphatic heterocycles. The van der Waals surface area contributed by atoms with Gasteiger partial charge in [0, 0.05) is 30.7 Å². The number of fused-ring (bicyclic) bond motifs is 1. The summed E-state index contributed by atoms with van der Waals surface area (Å²) in [5, 5.41) is 18.1. The molecule has 8 nitrogen and oxygen atoms in total. The molecule has 1 aliphatic carbocycles. The average molecular weight is 406 g/mol. The highest BCUT2D eigenvalue weighted by Crippen LogP contribution is 2.52. The van der Waals surface area contributed by atoms with Crippen molar-refractivity contribution in [1.29, 1.82) is 5.26 Å². The molecule has 0 aromatic carbocycles. The van der Waals surface area contributed by atoms with Gasteiger partial charge in [0.1, 0.15) is 5.41 Å². The van der Waals surface area contributed by atoms with Crippen LogP contribution in [-0.2, 0) is 9.53 Å². The van der Waals surface area contributed by atoms with Gasteiger partial charge in [0.15, 0.2) is 0 Å². The maximum atomic E-state index is 14.5. The number of aromatic nitrogens is 4. The van der Waals surface area contributed by atoms with Gasteiger partial charge in [-0.3, -0.25) is 9.48 Å². The number of carbonyl (C=O) groups excluding carboxylic acids is 1. The van der Waals surface area contributed by atoms with Crippen LogP contribution in [0.15, 0.2) is 30.7 Å². The summed E-state index contributed by atoms with van der Waals surface area (Å²) in [6, 6.07) is 5.97. The molecular formula is C21H19FN6O2. The monoisotopic (exact) mass is 406 g/mol. The topological polar surface area (TPSA) is 88.4 Å². The van der Waals surface area contributed by atoms with Crippen molar-refractivity contribution in [2.24, 2.45) is 11.3 Å². The lowest BCUT2D eigenvalue weighted by Gasteiger charge is -2.25. The normalized spacial score (nSPS) is 24.4. The summed E-state index contributed by atoms with van der Waals surface area (Å²) in [7, 11) is 0. The molecule has 152 valence electrons. The van der Waals surface area contributed by atoms with Crippen LogP contribution in [0.1, 0.15) is 25.3 Å². The van der Waals surface area contributed by atoms with Gasteiger partial charge in [0.2, 0.25) is 11.9 Å². The van der Waals surface area contributed by atoms with Gasteiger partial charge in [-0.05, 0) is 37.3 Å². The molecule has 5 heterocycles. The van der Waals surface area contributed by atoms with Gasteiger partial charge in [-0.25, -0.2) is 4.52 Å². The van der Waals surface area contributed by atoms with Crippen molar-refractivity contribution in [2.75, 3.05) is 24.7 Å². The smallest absolute Gasteiger partial charge is 0.247 e. The van der Waals surface area contributed by atoms with Crippen LogP contribution in [0.3, 0.4) is 0 Å². The van der Waals surface area contributed by atoms with Crippen molar-refractivity contribution in [1.82, 2.24) is 19.4 Å². The molecule has 3 aromatic rings. The van der Waals surface area contributed by atoms with Crippen LogP contribution in [-0.4, -0.2) is 45.1 Å². The lowest BCUT2D eigenvalue weighted by molar-refractivity contribution is -0.123. The zero-order valence-corrected chi connectivity index (χ0v) is 16.2. The molecule has 0 radical (unpaired) electrons. The summed E-state index contributed by atoms with van der Waals surface area (Å²) in [6.45, 7) is 1.56. The molecule has 3 fully saturated rings. The Kier molecular flexibility index (Phi) is 3.59. The largest absolute Gasteiger partial charge is 0.377 e. The first-order valence-corrected chi connectivity index (χ1v) is 10.1. The van der Waals surface area contributed by atoms with Crippen molar-refractivity contribution in [3.8, 4) is 17.2 Å². The molecule has 1 amide bonds.